The predicted molar refractivity (Wildman–Crippen MR) is 44.8 cm³/mol. The second kappa shape index (κ2) is 4.43. The summed E-state index contributed by atoms with van der Waals surface area (Å²) < 4.78 is 4.79. The topological polar surface area (TPSA) is 92.8 Å². The van der Waals surface area contributed by atoms with Gasteiger partial charge < -0.3 is 20.7 Å². The fourth-order valence-electron chi connectivity index (χ4n) is 1.86. The van der Waals surface area contributed by atoms with Gasteiger partial charge in [0.15, 0.2) is 0 Å². The van der Waals surface area contributed by atoms with E-state index in [1.807, 2.05) is 0 Å². The Hall–Kier alpha value is -0.810. The van der Waals surface area contributed by atoms with E-state index in [1.54, 1.807) is 0 Å². The van der Waals surface area contributed by atoms with Gasteiger partial charge in [-0.05, 0) is 24.7 Å². The summed E-state index contributed by atoms with van der Waals surface area (Å²) in [4.78, 5) is 10.4. The first kappa shape index (κ1) is 10.3. The molecule has 1 rings (SSSR count). The average molecular weight is 189 g/mol. The second-order valence-electron chi connectivity index (χ2n) is 3.42. The van der Waals surface area contributed by atoms with Gasteiger partial charge in [-0.15, -0.1) is 0 Å². The van der Waals surface area contributed by atoms with Crippen LogP contribution in [0.4, 0.5) is 4.79 Å². The van der Waals surface area contributed by atoms with Gasteiger partial charge in [0.2, 0.25) is 0 Å². The summed E-state index contributed by atoms with van der Waals surface area (Å²) in [6, 6.07) is 0. The molecule has 5 heteroatoms. The summed E-state index contributed by atoms with van der Waals surface area (Å²) in [6.07, 6.45) is 0.141. The number of hydrogen-bond acceptors (Lipinski definition) is 4. The summed E-state index contributed by atoms with van der Waals surface area (Å²) >= 11 is 0. The second-order valence-corrected chi connectivity index (χ2v) is 3.42. The summed E-state index contributed by atoms with van der Waals surface area (Å²) in [7, 11) is 0. The molecule has 1 amide bonds. The van der Waals surface area contributed by atoms with Crippen LogP contribution in [-0.4, -0.2) is 35.6 Å². The van der Waals surface area contributed by atoms with Crippen molar-refractivity contribution in [3.63, 3.8) is 0 Å². The molecule has 0 bridgehead atoms. The van der Waals surface area contributed by atoms with Gasteiger partial charge in [-0.3, -0.25) is 0 Å². The predicted octanol–water partition coefficient (Wildman–Crippen LogP) is -0.539. The summed E-state index contributed by atoms with van der Waals surface area (Å²) in [5.41, 5.74) is 4.86. The quantitative estimate of drug-likeness (QED) is 0.556. The standard InChI is InChI=1S/C8H15NO4/c9-8(12)13-7-1-5(3-10)6(2-7)4-11/h5-7,10-11H,1-4H2,(H2,9,12). The molecular weight excluding hydrogens is 174 g/mol. The van der Waals surface area contributed by atoms with E-state index < -0.39 is 6.09 Å². The molecule has 76 valence electrons. The normalized spacial score (nSPS) is 33.2. The van der Waals surface area contributed by atoms with Crippen molar-refractivity contribution < 1.29 is 19.7 Å². The Morgan fingerprint density at radius 3 is 2.08 bits per heavy atom. The van der Waals surface area contributed by atoms with Crippen LogP contribution in [0.5, 0.6) is 0 Å². The molecule has 0 aromatic rings. The summed E-state index contributed by atoms with van der Waals surface area (Å²) in [6.45, 7) is 0.0354. The highest BCUT2D eigenvalue weighted by Gasteiger charge is 2.35. The minimum Gasteiger partial charge on any atom is -0.446 e. The van der Waals surface area contributed by atoms with Gasteiger partial charge in [0.05, 0.1) is 0 Å². The summed E-state index contributed by atoms with van der Waals surface area (Å²) in [5, 5.41) is 17.9. The molecule has 0 saturated heterocycles. The lowest BCUT2D eigenvalue weighted by atomic mass is 9.98. The van der Waals surface area contributed by atoms with Gasteiger partial charge in [0, 0.05) is 13.2 Å². The molecule has 2 atom stereocenters. The SMILES string of the molecule is NC(=O)OC1CC(CO)C(CO)C1. The third-order valence-corrected chi connectivity index (χ3v) is 2.55. The van der Waals surface area contributed by atoms with Crippen LogP contribution < -0.4 is 5.73 Å². The number of amides is 1. The van der Waals surface area contributed by atoms with Crippen LogP contribution >= 0.6 is 0 Å². The maximum absolute atomic E-state index is 10.4. The van der Waals surface area contributed by atoms with E-state index in [4.69, 9.17) is 20.7 Å². The van der Waals surface area contributed by atoms with Crippen LogP contribution in [0.2, 0.25) is 0 Å². The van der Waals surface area contributed by atoms with E-state index >= 15 is 0 Å². The van der Waals surface area contributed by atoms with E-state index in [1.165, 1.54) is 0 Å². The third-order valence-electron chi connectivity index (χ3n) is 2.55. The first-order valence-corrected chi connectivity index (χ1v) is 4.35. The lowest BCUT2D eigenvalue weighted by molar-refractivity contribution is 0.103. The number of aliphatic hydroxyl groups excluding tert-OH is 2. The van der Waals surface area contributed by atoms with E-state index in [9.17, 15) is 4.79 Å². The first-order valence-electron chi connectivity index (χ1n) is 4.35. The minimum absolute atomic E-state index is 0.0177. The number of ether oxygens (including phenoxy) is 1. The molecule has 2 unspecified atom stereocenters. The molecule has 1 fully saturated rings. The Morgan fingerprint density at radius 1 is 1.31 bits per heavy atom. The van der Waals surface area contributed by atoms with E-state index in [0.717, 1.165) is 0 Å². The molecule has 5 nitrogen and oxygen atoms in total. The number of aliphatic hydroxyl groups is 2. The van der Waals surface area contributed by atoms with Crippen LogP contribution in [0.3, 0.4) is 0 Å². The number of carbonyl (C=O) groups is 1. The van der Waals surface area contributed by atoms with Crippen molar-refractivity contribution in [2.24, 2.45) is 17.6 Å². The molecule has 13 heavy (non-hydrogen) atoms. The van der Waals surface area contributed by atoms with Crippen molar-refractivity contribution in [2.45, 2.75) is 18.9 Å². The smallest absolute Gasteiger partial charge is 0.404 e. The lowest BCUT2D eigenvalue weighted by Crippen LogP contribution is -2.20. The molecule has 0 spiro atoms. The molecule has 0 aromatic heterocycles. The fraction of sp³-hybridized carbons (Fsp3) is 0.875. The average Bonchev–Trinajstić information content (AvgIpc) is 2.45. The molecule has 4 N–H and O–H groups in total. The molecule has 0 aromatic carbocycles. The Kier molecular flexibility index (Phi) is 3.50. The number of rotatable bonds is 3. The number of nitrogens with two attached hydrogens (primary N) is 1. The number of primary amides is 1. The number of carbonyl (C=O) groups excluding carboxylic acids is 1. The van der Waals surface area contributed by atoms with Gasteiger partial charge in [-0.1, -0.05) is 0 Å². The van der Waals surface area contributed by atoms with E-state index in [0.29, 0.717) is 12.8 Å². The van der Waals surface area contributed by atoms with E-state index in [2.05, 4.69) is 0 Å². The van der Waals surface area contributed by atoms with Crippen molar-refractivity contribution in [3.05, 3.63) is 0 Å². The van der Waals surface area contributed by atoms with E-state index in [-0.39, 0.29) is 31.2 Å². The highest BCUT2D eigenvalue weighted by molar-refractivity contribution is 5.64. The van der Waals surface area contributed by atoms with Crippen molar-refractivity contribution in [1.29, 1.82) is 0 Å². The van der Waals surface area contributed by atoms with Gasteiger partial charge in [0.1, 0.15) is 6.10 Å². The van der Waals surface area contributed by atoms with Gasteiger partial charge in [0.25, 0.3) is 0 Å². The summed E-state index contributed by atoms with van der Waals surface area (Å²) in [5.74, 6) is 0.0451. The molecule has 1 aliphatic carbocycles. The monoisotopic (exact) mass is 189 g/mol. The molecule has 0 aliphatic heterocycles. The highest BCUT2D eigenvalue weighted by atomic mass is 16.6. The van der Waals surface area contributed by atoms with Crippen LogP contribution in [0.1, 0.15) is 12.8 Å². The Morgan fingerprint density at radius 2 is 1.77 bits per heavy atom. The van der Waals surface area contributed by atoms with Crippen LogP contribution in [0.25, 0.3) is 0 Å². The lowest BCUT2D eigenvalue weighted by Gasteiger charge is -2.12. The zero-order chi connectivity index (χ0) is 9.84. The minimum atomic E-state index is -0.791. The molecule has 1 saturated carbocycles. The van der Waals surface area contributed by atoms with Crippen LogP contribution in [-0.2, 0) is 4.74 Å². The molecular formula is C8H15NO4. The molecule has 0 radical (unpaired) electrons. The zero-order valence-corrected chi connectivity index (χ0v) is 7.35. The van der Waals surface area contributed by atoms with Crippen LogP contribution in [0, 0.1) is 11.8 Å². The Bertz CT molecular complexity index is 173. The van der Waals surface area contributed by atoms with Gasteiger partial charge >= 0.3 is 6.09 Å². The fourth-order valence-corrected chi connectivity index (χ4v) is 1.86. The highest BCUT2D eigenvalue weighted by Crippen LogP contribution is 2.33. The maximum atomic E-state index is 10.4. The third kappa shape index (κ3) is 2.57. The zero-order valence-electron chi connectivity index (χ0n) is 7.35. The van der Waals surface area contributed by atoms with Crippen molar-refractivity contribution >= 4 is 6.09 Å². The van der Waals surface area contributed by atoms with Crippen LogP contribution in [0.15, 0.2) is 0 Å². The van der Waals surface area contributed by atoms with Crippen molar-refractivity contribution in [1.82, 2.24) is 0 Å². The van der Waals surface area contributed by atoms with Gasteiger partial charge in [-0.25, -0.2) is 4.79 Å². The molecule has 1 aliphatic rings. The van der Waals surface area contributed by atoms with Crippen molar-refractivity contribution in [2.75, 3.05) is 13.2 Å². The maximum Gasteiger partial charge on any atom is 0.404 e. The molecule has 0 heterocycles. The first-order chi connectivity index (χ1) is 6.17. The largest absolute Gasteiger partial charge is 0.446 e. The Balaban J connectivity index is 2.43. The van der Waals surface area contributed by atoms with Gasteiger partial charge in [-0.2, -0.15) is 0 Å². The number of hydrogen-bond donors (Lipinski definition) is 3. The van der Waals surface area contributed by atoms with Crippen molar-refractivity contribution in [3.8, 4) is 0 Å². The Labute approximate surface area is 76.5 Å².